The van der Waals surface area contributed by atoms with Crippen molar-refractivity contribution in [2.45, 2.75) is 12.6 Å². The lowest BCUT2D eigenvalue weighted by Crippen LogP contribution is -2.23. The number of nitrogens with zero attached hydrogens (tertiary/aromatic N) is 1. The number of hydrogen-bond donors (Lipinski definition) is 1. The van der Waals surface area contributed by atoms with Gasteiger partial charge in [-0.2, -0.15) is 0 Å². The lowest BCUT2D eigenvalue weighted by molar-refractivity contribution is -0.141. The van der Waals surface area contributed by atoms with Crippen LogP contribution in [-0.4, -0.2) is 17.6 Å². The highest BCUT2D eigenvalue weighted by atomic mass is 16.5. The summed E-state index contributed by atoms with van der Waals surface area (Å²) in [6.07, 6.45) is 1.98. The maximum atomic E-state index is 11.9. The molecule has 1 aliphatic heterocycles. The molecule has 3 rings (SSSR count). The number of rotatable bonds is 1. The number of fused-ring (bicyclic) bond motifs is 2. The number of anilines is 1. The first kappa shape index (κ1) is 10.9. The monoisotopic (exact) mass is 242 g/mol. The van der Waals surface area contributed by atoms with Crippen molar-refractivity contribution in [3.63, 3.8) is 0 Å². The predicted octanol–water partition coefficient (Wildman–Crippen LogP) is 2.18. The molecule has 0 fully saturated rings. The van der Waals surface area contributed by atoms with Gasteiger partial charge in [0, 0.05) is 18.4 Å². The number of aromatic nitrogens is 1. The fraction of sp³-hybridized carbons (Fsp3) is 0.214. The van der Waals surface area contributed by atoms with Gasteiger partial charge < -0.3 is 14.6 Å². The number of methoxy groups -OCH3 is 1. The van der Waals surface area contributed by atoms with Crippen molar-refractivity contribution < 1.29 is 9.53 Å². The van der Waals surface area contributed by atoms with E-state index in [1.54, 1.807) is 0 Å². The molecule has 1 N–H and O–H groups in total. The van der Waals surface area contributed by atoms with Crippen LogP contribution in [0.5, 0.6) is 0 Å². The van der Waals surface area contributed by atoms with Gasteiger partial charge >= 0.3 is 5.97 Å². The highest BCUT2D eigenvalue weighted by molar-refractivity contribution is 5.81. The Kier molecular flexibility index (Phi) is 2.55. The van der Waals surface area contributed by atoms with Crippen LogP contribution in [0.25, 0.3) is 0 Å². The first-order valence-corrected chi connectivity index (χ1v) is 5.87. The molecule has 1 unspecified atom stereocenters. The van der Waals surface area contributed by atoms with Gasteiger partial charge in [-0.3, -0.25) is 0 Å². The van der Waals surface area contributed by atoms with Gasteiger partial charge in [0.2, 0.25) is 0 Å². The first-order valence-electron chi connectivity index (χ1n) is 5.87. The average Bonchev–Trinajstić information content (AvgIpc) is 2.79. The highest BCUT2D eigenvalue weighted by Crippen LogP contribution is 2.29. The van der Waals surface area contributed by atoms with E-state index in [9.17, 15) is 4.79 Å². The summed E-state index contributed by atoms with van der Waals surface area (Å²) in [5.74, 6) is -0.272. The van der Waals surface area contributed by atoms with Gasteiger partial charge in [0.25, 0.3) is 0 Å². The molecule has 0 saturated heterocycles. The fourth-order valence-electron chi connectivity index (χ4n) is 2.34. The summed E-state index contributed by atoms with van der Waals surface area (Å²) in [6.45, 7) is 0.763. The van der Waals surface area contributed by atoms with Crippen molar-refractivity contribution in [1.29, 1.82) is 0 Å². The quantitative estimate of drug-likeness (QED) is 0.779. The topological polar surface area (TPSA) is 43.3 Å². The molecular formula is C14H14N2O2. The summed E-state index contributed by atoms with van der Waals surface area (Å²) in [5.41, 5.74) is 3.08. The summed E-state index contributed by atoms with van der Waals surface area (Å²) < 4.78 is 6.94. The minimum atomic E-state index is -0.450. The van der Waals surface area contributed by atoms with Crippen LogP contribution in [0.1, 0.15) is 17.3 Å². The van der Waals surface area contributed by atoms with Crippen LogP contribution in [0.3, 0.4) is 0 Å². The smallest absolute Gasteiger partial charge is 0.334 e. The normalized spacial score (nSPS) is 17.1. The van der Waals surface area contributed by atoms with Gasteiger partial charge in [-0.25, -0.2) is 4.79 Å². The fourth-order valence-corrected chi connectivity index (χ4v) is 2.34. The molecule has 1 aromatic carbocycles. The molecule has 4 heteroatoms. The number of esters is 1. The van der Waals surface area contributed by atoms with Crippen LogP contribution in [0, 0.1) is 0 Å². The Balaban J connectivity index is 2.10. The molecule has 0 radical (unpaired) electrons. The van der Waals surface area contributed by atoms with Crippen molar-refractivity contribution in [2.75, 3.05) is 12.4 Å². The third kappa shape index (κ3) is 1.66. The van der Waals surface area contributed by atoms with E-state index in [0.29, 0.717) is 0 Å². The van der Waals surface area contributed by atoms with Crippen molar-refractivity contribution in [3.05, 3.63) is 53.9 Å². The zero-order chi connectivity index (χ0) is 12.5. The minimum absolute atomic E-state index is 0.272. The number of carbonyl (C=O) groups excluding carboxylic acids is 1. The number of nitrogens with one attached hydrogen (secondary N) is 1. The zero-order valence-electron chi connectivity index (χ0n) is 10.1. The summed E-state index contributed by atoms with van der Waals surface area (Å²) in [7, 11) is 1.41. The first-order chi connectivity index (χ1) is 8.79. The van der Waals surface area contributed by atoms with Gasteiger partial charge in [-0.1, -0.05) is 18.2 Å². The van der Waals surface area contributed by atoms with Gasteiger partial charge in [-0.05, 0) is 23.8 Å². The van der Waals surface area contributed by atoms with Crippen LogP contribution in [0.2, 0.25) is 0 Å². The Morgan fingerprint density at radius 2 is 2.17 bits per heavy atom. The Labute approximate surface area is 105 Å². The van der Waals surface area contributed by atoms with E-state index < -0.39 is 6.04 Å². The van der Waals surface area contributed by atoms with E-state index in [1.165, 1.54) is 12.7 Å². The molecular weight excluding hydrogens is 228 g/mol. The third-order valence-corrected chi connectivity index (χ3v) is 3.26. The second kappa shape index (κ2) is 4.22. The molecule has 18 heavy (non-hydrogen) atoms. The average molecular weight is 242 g/mol. The summed E-state index contributed by atoms with van der Waals surface area (Å²) in [6, 6.07) is 11.4. The van der Waals surface area contributed by atoms with E-state index in [-0.39, 0.29) is 5.97 Å². The second-order valence-corrected chi connectivity index (χ2v) is 4.32. The van der Waals surface area contributed by atoms with Crippen LogP contribution in [0.4, 0.5) is 5.69 Å². The van der Waals surface area contributed by atoms with Gasteiger partial charge in [0.15, 0.2) is 6.04 Å². The lowest BCUT2D eigenvalue weighted by Gasteiger charge is -2.16. The molecule has 0 amide bonds. The van der Waals surface area contributed by atoms with Crippen LogP contribution < -0.4 is 5.32 Å². The Morgan fingerprint density at radius 1 is 1.33 bits per heavy atom. The number of ether oxygens (including phenoxy) is 1. The van der Waals surface area contributed by atoms with Crippen molar-refractivity contribution >= 4 is 11.7 Å². The van der Waals surface area contributed by atoms with Crippen LogP contribution in [-0.2, 0) is 16.1 Å². The highest BCUT2D eigenvalue weighted by Gasteiger charge is 2.27. The number of benzene rings is 1. The van der Waals surface area contributed by atoms with Gasteiger partial charge in [-0.15, -0.1) is 0 Å². The standard InChI is InChI=1S/C14H14N2O2/c1-18-14(17)13-12-7-4-8-16(12)9-10-5-2-3-6-11(10)15-13/h2-8,13,15H,9H2,1H3. The maximum absolute atomic E-state index is 11.9. The predicted molar refractivity (Wildman–Crippen MR) is 68.4 cm³/mol. The number of para-hydroxylation sites is 1. The van der Waals surface area contributed by atoms with Crippen molar-refractivity contribution in [1.82, 2.24) is 4.57 Å². The molecule has 92 valence electrons. The summed E-state index contributed by atoms with van der Waals surface area (Å²) in [5, 5.41) is 3.26. The molecule has 4 nitrogen and oxygen atoms in total. The van der Waals surface area contributed by atoms with E-state index in [0.717, 1.165) is 17.9 Å². The van der Waals surface area contributed by atoms with Gasteiger partial charge in [0.1, 0.15) is 0 Å². The molecule has 1 aliphatic rings. The third-order valence-electron chi connectivity index (χ3n) is 3.26. The van der Waals surface area contributed by atoms with E-state index in [4.69, 9.17) is 4.74 Å². The molecule has 2 heterocycles. The Hall–Kier alpha value is -2.23. The van der Waals surface area contributed by atoms with E-state index in [1.807, 2.05) is 36.5 Å². The second-order valence-electron chi connectivity index (χ2n) is 4.32. The molecule has 2 aromatic rings. The number of hydrogen-bond acceptors (Lipinski definition) is 3. The maximum Gasteiger partial charge on any atom is 0.334 e. The molecule has 1 aromatic heterocycles. The molecule has 1 atom stereocenters. The molecule has 0 spiro atoms. The lowest BCUT2D eigenvalue weighted by atomic mass is 10.1. The van der Waals surface area contributed by atoms with E-state index in [2.05, 4.69) is 16.0 Å². The summed E-state index contributed by atoms with van der Waals surface area (Å²) >= 11 is 0. The zero-order valence-corrected chi connectivity index (χ0v) is 10.1. The Bertz CT molecular complexity index is 589. The van der Waals surface area contributed by atoms with Crippen LogP contribution in [0.15, 0.2) is 42.6 Å². The SMILES string of the molecule is COC(=O)C1Nc2ccccc2Cn2cccc21. The van der Waals surface area contributed by atoms with Gasteiger partial charge in [0.05, 0.1) is 12.8 Å². The number of carbonyl (C=O) groups is 1. The van der Waals surface area contributed by atoms with Crippen LogP contribution >= 0.6 is 0 Å². The molecule has 0 bridgehead atoms. The van der Waals surface area contributed by atoms with Crippen molar-refractivity contribution in [2.24, 2.45) is 0 Å². The molecule has 0 saturated carbocycles. The molecule has 0 aliphatic carbocycles. The largest absolute Gasteiger partial charge is 0.467 e. The minimum Gasteiger partial charge on any atom is -0.467 e. The summed E-state index contributed by atoms with van der Waals surface area (Å²) in [4.78, 5) is 11.9. The van der Waals surface area contributed by atoms with E-state index >= 15 is 0 Å². The Morgan fingerprint density at radius 3 is 3.00 bits per heavy atom. The van der Waals surface area contributed by atoms with Crippen molar-refractivity contribution in [3.8, 4) is 0 Å².